The van der Waals surface area contributed by atoms with Crippen LogP contribution in [0.25, 0.3) is 0 Å². The second-order valence-electron chi connectivity index (χ2n) is 3.48. The van der Waals surface area contributed by atoms with Gasteiger partial charge in [0.15, 0.2) is 0 Å². The van der Waals surface area contributed by atoms with Crippen molar-refractivity contribution < 1.29 is 0 Å². The minimum Gasteiger partial charge on any atom is -0.245 e. The Kier molecular flexibility index (Phi) is 2.30. The van der Waals surface area contributed by atoms with Gasteiger partial charge in [0.2, 0.25) is 0 Å². The summed E-state index contributed by atoms with van der Waals surface area (Å²) in [6.07, 6.45) is 3.30. The molecule has 0 unspecified atom stereocenters. The van der Waals surface area contributed by atoms with Crippen molar-refractivity contribution in [1.29, 1.82) is 0 Å². The lowest BCUT2D eigenvalue weighted by atomic mass is 10.7. The van der Waals surface area contributed by atoms with Gasteiger partial charge in [-0.25, -0.2) is 9.97 Å². The first-order valence-electron chi connectivity index (χ1n) is 3.48. The maximum absolute atomic E-state index is 5.89. The van der Waals surface area contributed by atoms with Gasteiger partial charge in [0.1, 0.15) is 11.5 Å². The minimum atomic E-state index is -1.33. The van der Waals surface area contributed by atoms with E-state index in [4.69, 9.17) is 11.6 Å². The van der Waals surface area contributed by atoms with Gasteiger partial charge in [0.05, 0.1) is 8.07 Å². The maximum atomic E-state index is 5.89. The van der Waals surface area contributed by atoms with Gasteiger partial charge in [0, 0.05) is 6.20 Å². The third kappa shape index (κ3) is 2.01. The van der Waals surface area contributed by atoms with Crippen LogP contribution in [0.1, 0.15) is 0 Å². The summed E-state index contributed by atoms with van der Waals surface area (Å²) >= 11 is 5.89. The fraction of sp³-hybridized carbons (Fsp3) is 0.429. The number of hydrogen-bond acceptors (Lipinski definition) is 2. The molecule has 1 rings (SSSR count). The zero-order chi connectivity index (χ0) is 8.48. The van der Waals surface area contributed by atoms with Crippen LogP contribution in [-0.4, -0.2) is 18.0 Å². The van der Waals surface area contributed by atoms with Gasteiger partial charge in [-0.15, -0.1) is 0 Å². The van der Waals surface area contributed by atoms with Crippen LogP contribution in [0.3, 0.4) is 0 Å². The normalized spacial score (nSPS) is 11.6. The lowest BCUT2D eigenvalue weighted by Gasteiger charge is -2.15. The van der Waals surface area contributed by atoms with Gasteiger partial charge in [-0.05, 0) is 5.19 Å². The van der Waals surface area contributed by atoms with E-state index in [-0.39, 0.29) is 0 Å². The average Bonchev–Trinajstić information content (AvgIpc) is 1.86. The van der Waals surface area contributed by atoms with Gasteiger partial charge < -0.3 is 0 Å². The average molecular weight is 187 g/mol. The van der Waals surface area contributed by atoms with Crippen LogP contribution < -0.4 is 5.19 Å². The Morgan fingerprint density at radius 1 is 1.36 bits per heavy atom. The molecule has 4 heteroatoms. The lowest BCUT2D eigenvalue weighted by molar-refractivity contribution is 1.18. The third-order valence-corrected chi connectivity index (χ3v) is 3.91. The summed E-state index contributed by atoms with van der Waals surface area (Å²) in [5, 5.41) is 1.74. The van der Waals surface area contributed by atoms with Crippen LogP contribution in [0.5, 0.6) is 0 Å². The first kappa shape index (κ1) is 8.68. The van der Waals surface area contributed by atoms with Crippen LogP contribution in [-0.2, 0) is 0 Å². The molecule has 0 bridgehead atoms. The standard InChI is InChI=1S/C7H11ClN2Si/c1-11(2,3)6-4-9-5-10-7(6)8/h4-5H,1-3H3. The lowest BCUT2D eigenvalue weighted by Crippen LogP contribution is -2.39. The fourth-order valence-electron chi connectivity index (χ4n) is 0.818. The summed E-state index contributed by atoms with van der Waals surface area (Å²) in [6, 6.07) is 0. The van der Waals surface area contributed by atoms with Gasteiger partial charge in [-0.2, -0.15) is 0 Å². The topological polar surface area (TPSA) is 25.8 Å². The molecular weight excluding hydrogens is 176 g/mol. The Balaban J connectivity index is 3.14. The zero-order valence-electron chi connectivity index (χ0n) is 6.93. The predicted octanol–water partition coefficient (Wildman–Crippen LogP) is 1.68. The number of halogens is 1. The number of rotatable bonds is 1. The molecule has 60 valence electrons. The molecule has 0 aliphatic carbocycles. The van der Waals surface area contributed by atoms with E-state index in [0.717, 1.165) is 5.19 Å². The molecule has 0 aliphatic rings. The highest BCUT2D eigenvalue weighted by atomic mass is 35.5. The van der Waals surface area contributed by atoms with Crippen LogP contribution in [0.2, 0.25) is 24.8 Å². The molecule has 1 aromatic rings. The van der Waals surface area contributed by atoms with E-state index in [2.05, 4.69) is 29.6 Å². The van der Waals surface area contributed by atoms with Gasteiger partial charge in [-0.3, -0.25) is 0 Å². The van der Waals surface area contributed by atoms with E-state index in [1.807, 2.05) is 6.20 Å². The Hall–Kier alpha value is -0.413. The molecule has 0 aliphatic heterocycles. The quantitative estimate of drug-likeness (QED) is 0.493. The molecule has 0 N–H and O–H groups in total. The highest BCUT2D eigenvalue weighted by Crippen LogP contribution is 2.07. The van der Waals surface area contributed by atoms with E-state index in [0.29, 0.717) is 5.15 Å². The Morgan fingerprint density at radius 2 is 2.00 bits per heavy atom. The molecule has 11 heavy (non-hydrogen) atoms. The molecule has 0 saturated heterocycles. The molecule has 0 spiro atoms. The van der Waals surface area contributed by atoms with Crippen molar-refractivity contribution in [3.63, 3.8) is 0 Å². The van der Waals surface area contributed by atoms with Crippen molar-refractivity contribution in [2.24, 2.45) is 0 Å². The molecule has 2 nitrogen and oxygen atoms in total. The summed E-state index contributed by atoms with van der Waals surface area (Å²) in [7, 11) is -1.33. The second-order valence-corrected chi connectivity index (χ2v) is 8.87. The van der Waals surface area contributed by atoms with Gasteiger partial charge >= 0.3 is 0 Å². The van der Waals surface area contributed by atoms with Crippen molar-refractivity contribution in [2.45, 2.75) is 19.6 Å². The third-order valence-electron chi connectivity index (χ3n) is 1.47. The minimum absolute atomic E-state index is 0.610. The number of hydrogen-bond donors (Lipinski definition) is 0. The molecule has 1 heterocycles. The zero-order valence-corrected chi connectivity index (χ0v) is 8.68. The summed E-state index contributed by atoms with van der Waals surface area (Å²) in [6.45, 7) is 6.66. The van der Waals surface area contributed by atoms with E-state index in [1.54, 1.807) is 0 Å². The number of aromatic nitrogens is 2. The van der Waals surface area contributed by atoms with E-state index >= 15 is 0 Å². The summed E-state index contributed by atoms with van der Waals surface area (Å²) in [4.78, 5) is 7.89. The summed E-state index contributed by atoms with van der Waals surface area (Å²) < 4.78 is 0. The Bertz CT molecular complexity index is 257. The highest BCUT2D eigenvalue weighted by Gasteiger charge is 2.20. The molecule has 0 aromatic carbocycles. The molecule has 0 radical (unpaired) electrons. The second kappa shape index (κ2) is 2.91. The molecule has 0 saturated carbocycles. The smallest absolute Gasteiger partial charge is 0.131 e. The Labute approximate surface area is 72.6 Å². The van der Waals surface area contributed by atoms with Gasteiger partial charge in [0.25, 0.3) is 0 Å². The largest absolute Gasteiger partial charge is 0.245 e. The SMILES string of the molecule is C[Si](C)(C)c1cncnc1Cl. The van der Waals surface area contributed by atoms with Crippen molar-refractivity contribution in [3.05, 3.63) is 17.7 Å². The first-order valence-corrected chi connectivity index (χ1v) is 7.35. The monoisotopic (exact) mass is 186 g/mol. The summed E-state index contributed by atoms with van der Waals surface area (Å²) in [5.41, 5.74) is 0. The van der Waals surface area contributed by atoms with Crippen molar-refractivity contribution >= 4 is 24.9 Å². The molecular formula is C7H11ClN2Si. The predicted molar refractivity (Wildman–Crippen MR) is 50.0 cm³/mol. The van der Waals surface area contributed by atoms with Crippen LogP contribution >= 0.6 is 11.6 Å². The molecule has 0 fully saturated rings. The molecule has 1 aromatic heterocycles. The van der Waals surface area contributed by atoms with E-state index in [9.17, 15) is 0 Å². The van der Waals surface area contributed by atoms with Gasteiger partial charge in [-0.1, -0.05) is 31.2 Å². The molecule has 0 atom stereocenters. The van der Waals surface area contributed by atoms with Crippen LogP contribution in [0, 0.1) is 0 Å². The van der Waals surface area contributed by atoms with Crippen molar-refractivity contribution in [2.75, 3.05) is 0 Å². The maximum Gasteiger partial charge on any atom is 0.131 e. The van der Waals surface area contributed by atoms with E-state index < -0.39 is 8.07 Å². The summed E-state index contributed by atoms with van der Waals surface area (Å²) in [5.74, 6) is 0. The van der Waals surface area contributed by atoms with Crippen molar-refractivity contribution in [3.8, 4) is 0 Å². The Morgan fingerprint density at radius 3 is 2.36 bits per heavy atom. The van der Waals surface area contributed by atoms with E-state index in [1.165, 1.54) is 6.33 Å². The van der Waals surface area contributed by atoms with Crippen molar-refractivity contribution in [1.82, 2.24) is 9.97 Å². The highest BCUT2D eigenvalue weighted by molar-refractivity contribution is 6.90. The van der Waals surface area contributed by atoms with Crippen LogP contribution in [0.4, 0.5) is 0 Å². The first-order chi connectivity index (χ1) is 5.02. The van der Waals surface area contributed by atoms with Crippen LogP contribution in [0.15, 0.2) is 12.5 Å². The molecule has 0 amide bonds. The fourth-order valence-corrected chi connectivity index (χ4v) is 2.91. The number of nitrogens with zero attached hydrogens (tertiary/aromatic N) is 2.